The Morgan fingerprint density at radius 2 is 2.00 bits per heavy atom. The first-order valence-electron chi connectivity index (χ1n) is 11.2. The predicted octanol–water partition coefficient (Wildman–Crippen LogP) is 2.62. The number of ether oxygens (including phenoxy) is 2. The van der Waals surface area contributed by atoms with Gasteiger partial charge in [-0.25, -0.2) is 4.39 Å². The van der Waals surface area contributed by atoms with Gasteiger partial charge < -0.3 is 20.2 Å². The van der Waals surface area contributed by atoms with Crippen LogP contribution >= 0.6 is 0 Å². The number of benzene rings is 1. The number of nitrogens with two attached hydrogens (primary N) is 1. The van der Waals surface area contributed by atoms with Crippen LogP contribution in [0.25, 0.3) is 0 Å². The molecule has 4 aliphatic rings. The number of hydrogen-bond donors (Lipinski definition) is 1. The first-order chi connectivity index (χ1) is 15.6. The van der Waals surface area contributed by atoms with Crippen molar-refractivity contribution in [1.29, 1.82) is 0 Å². The number of amides is 1. The molecule has 2 N–H and O–H groups in total. The minimum atomic E-state index is -0.479. The average molecular weight is 439 g/mol. The lowest BCUT2D eigenvalue weighted by Gasteiger charge is -2.28. The Morgan fingerprint density at radius 3 is 2.62 bits per heavy atom. The summed E-state index contributed by atoms with van der Waals surface area (Å²) in [4.78, 5) is 18.9. The van der Waals surface area contributed by atoms with Crippen molar-refractivity contribution in [3.05, 3.63) is 29.6 Å². The molecule has 8 heteroatoms. The third-order valence-corrected chi connectivity index (χ3v) is 6.27. The van der Waals surface area contributed by atoms with Crippen LogP contribution in [0.5, 0.6) is 0 Å². The second kappa shape index (κ2) is 8.64. The number of rotatable bonds is 6. The van der Waals surface area contributed by atoms with E-state index in [0.29, 0.717) is 24.7 Å². The summed E-state index contributed by atoms with van der Waals surface area (Å²) in [6.07, 6.45) is 6.98. The van der Waals surface area contributed by atoms with Gasteiger partial charge in [0.15, 0.2) is 12.0 Å². The minimum Gasteiger partial charge on any atom is -0.350 e. The molecule has 0 aromatic heterocycles. The van der Waals surface area contributed by atoms with Crippen LogP contribution < -0.4 is 10.7 Å². The topological polar surface area (TPSA) is 89.5 Å². The molecule has 168 valence electrons. The van der Waals surface area contributed by atoms with Crippen molar-refractivity contribution in [3.63, 3.8) is 0 Å². The number of nitrogens with zero attached hydrogens (tertiary/aromatic N) is 3. The fourth-order valence-corrected chi connectivity index (χ4v) is 3.69. The highest BCUT2D eigenvalue weighted by Gasteiger charge is 2.46. The largest absolute Gasteiger partial charge is 0.350 e. The molecule has 5 rings (SSSR count). The van der Waals surface area contributed by atoms with Crippen molar-refractivity contribution in [1.82, 2.24) is 0 Å². The maximum absolute atomic E-state index is 14.7. The molecule has 0 atom stereocenters. The summed E-state index contributed by atoms with van der Waals surface area (Å²) in [5.74, 6) is 11.2. The Bertz CT molecular complexity index is 1010. The molecule has 3 aliphatic carbocycles. The summed E-state index contributed by atoms with van der Waals surface area (Å²) in [5.41, 5.74) is 1.06. The number of hydrazone groups is 1. The van der Waals surface area contributed by atoms with Gasteiger partial charge in [-0.2, -0.15) is 5.10 Å². The number of hydrogen-bond acceptors (Lipinski definition) is 6. The van der Waals surface area contributed by atoms with E-state index in [1.165, 1.54) is 17.2 Å². The molecule has 4 fully saturated rings. The quantitative estimate of drug-likeness (QED) is 0.320. The Kier molecular flexibility index (Phi) is 5.70. The Morgan fingerprint density at radius 1 is 1.25 bits per heavy atom. The van der Waals surface area contributed by atoms with Crippen LogP contribution in [-0.4, -0.2) is 49.9 Å². The first-order valence-corrected chi connectivity index (χ1v) is 11.2. The van der Waals surface area contributed by atoms with Gasteiger partial charge in [0.05, 0.1) is 31.7 Å². The molecule has 3 saturated carbocycles. The zero-order valence-electron chi connectivity index (χ0n) is 17.9. The van der Waals surface area contributed by atoms with E-state index in [0.717, 1.165) is 38.5 Å². The SMILES string of the molecule is NN=C(C=NCC1OCC2(CC2)CO1)C(=O)N(c1cc(C#CC2CC2)ccc1F)C1CC1. The number of carbonyl (C=O) groups excluding carboxylic acids is 1. The third kappa shape index (κ3) is 4.84. The maximum atomic E-state index is 14.7. The molecule has 1 spiro atoms. The molecule has 1 aliphatic heterocycles. The van der Waals surface area contributed by atoms with Crippen LogP contribution in [0.4, 0.5) is 10.1 Å². The van der Waals surface area contributed by atoms with Crippen LogP contribution in [-0.2, 0) is 14.3 Å². The number of aliphatic imine (C=N–C) groups is 1. The van der Waals surface area contributed by atoms with E-state index in [1.807, 2.05) is 0 Å². The Labute approximate surface area is 186 Å². The summed E-state index contributed by atoms with van der Waals surface area (Å²) in [6, 6.07) is 4.53. The summed E-state index contributed by atoms with van der Waals surface area (Å²) >= 11 is 0. The molecule has 7 nitrogen and oxygen atoms in total. The van der Waals surface area contributed by atoms with Gasteiger partial charge in [-0.1, -0.05) is 11.8 Å². The van der Waals surface area contributed by atoms with E-state index in [-0.39, 0.29) is 29.4 Å². The van der Waals surface area contributed by atoms with Gasteiger partial charge in [-0.15, -0.1) is 0 Å². The lowest BCUT2D eigenvalue weighted by atomic mass is 10.1. The Hall–Kier alpha value is -2.76. The highest BCUT2D eigenvalue weighted by Crippen LogP contribution is 2.48. The summed E-state index contributed by atoms with van der Waals surface area (Å²) < 4.78 is 26.1. The van der Waals surface area contributed by atoms with Crippen LogP contribution in [0.2, 0.25) is 0 Å². The number of carbonyl (C=O) groups is 1. The van der Waals surface area contributed by atoms with Crippen molar-refractivity contribution in [2.75, 3.05) is 24.7 Å². The van der Waals surface area contributed by atoms with Gasteiger partial charge in [-0.05, 0) is 56.7 Å². The van der Waals surface area contributed by atoms with E-state index < -0.39 is 18.0 Å². The zero-order chi connectivity index (χ0) is 22.1. The number of anilines is 1. The molecule has 1 amide bonds. The van der Waals surface area contributed by atoms with Gasteiger partial charge in [0.2, 0.25) is 0 Å². The molecule has 32 heavy (non-hydrogen) atoms. The smallest absolute Gasteiger partial charge is 0.280 e. The molecule has 0 bridgehead atoms. The van der Waals surface area contributed by atoms with Crippen LogP contribution in [0, 0.1) is 29.0 Å². The second-order valence-electron chi connectivity index (χ2n) is 9.18. The van der Waals surface area contributed by atoms with E-state index in [9.17, 15) is 9.18 Å². The lowest BCUT2D eigenvalue weighted by Crippen LogP contribution is -2.40. The van der Waals surface area contributed by atoms with Crippen LogP contribution in [0.15, 0.2) is 28.3 Å². The second-order valence-corrected chi connectivity index (χ2v) is 9.18. The standard InChI is InChI=1S/C24H27FN4O3/c25-19-8-5-17(4-3-16-1-2-16)11-21(19)29(18-6-7-18)23(30)20(28-26)12-27-13-22-31-14-24(9-10-24)15-32-22/h5,8,11-12,16,18,22H,1-2,6-7,9-10,13-15,26H2. The number of halogens is 1. The first kappa shape index (κ1) is 21.1. The minimum absolute atomic E-state index is 0.0414. The van der Waals surface area contributed by atoms with Crippen molar-refractivity contribution >= 4 is 23.5 Å². The molecule has 1 heterocycles. The molecular weight excluding hydrogens is 411 g/mol. The fraction of sp³-hybridized carbons (Fsp3) is 0.542. The summed E-state index contributed by atoms with van der Waals surface area (Å²) in [5, 5.41) is 3.62. The van der Waals surface area contributed by atoms with Gasteiger partial charge >= 0.3 is 0 Å². The van der Waals surface area contributed by atoms with E-state index in [1.54, 1.807) is 12.1 Å². The van der Waals surface area contributed by atoms with Gasteiger partial charge in [0.25, 0.3) is 5.91 Å². The van der Waals surface area contributed by atoms with Crippen molar-refractivity contribution < 1.29 is 18.7 Å². The van der Waals surface area contributed by atoms with Gasteiger partial charge in [0.1, 0.15) is 5.82 Å². The zero-order valence-corrected chi connectivity index (χ0v) is 17.9. The Balaban J connectivity index is 1.28. The van der Waals surface area contributed by atoms with Crippen molar-refractivity contribution in [3.8, 4) is 11.8 Å². The monoisotopic (exact) mass is 438 g/mol. The molecule has 0 unspecified atom stereocenters. The molecule has 1 saturated heterocycles. The highest BCUT2D eigenvalue weighted by atomic mass is 19.1. The summed E-state index contributed by atoms with van der Waals surface area (Å²) in [6.45, 7) is 1.60. The average Bonchev–Trinajstić information content (AvgIpc) is 3.66. The normalized spacial score (nSPS) is 22.6. The third-order valence-electron chi connectivity index (χ3n) is 6.27. The van der Waals surface area contributed by atoms with E-state index >= 15 is 0 Å². The maximum Gasteiger partial charge on any atom is 0.280 e. The highest BCUT2D eigenvalue weighted by molar-refractivity contribution is 6.63. The van der Waals surface area contributed by atoms with E-state index in [2.05, 4.69) is 21.9 Å². The van der Waals surface area contributed by atoms with Gasteiger partial charge in [0, 0.05) is 22.9 Å². The fourth-order valence-electron chi connectivity index (χ4n) is 3.69. The summed E-state index contributed by atoms with van der Waals surface area (Å²) in [7, 11) is 0. The van der Waals surface area contributed by atoms with Crippen molar-refractivity contribution in [2.24, 2.45) is 27.3 Å². The van der Waals surface area contributed by atoms with Crippen molar-refractivity contribution in [2.45, 2.75) is 50.9 Å². The van der Waals surface area contributed by atoms with Gasteiger partial charge in [-0.3, -0.25) is 9.79 Å². The molecule has 1 aromatic carbocycles. The van der Waals surface area contributed by atoms with Crippen LogP contribution in [0.3, 0.4) is 0 Å². The lowest BCUT2D eigenvalue weighted by molar-refractivity contribution is -0.201. The van der Waals surface area contributed by atoms with E-state index in [4.69, 9.17) is 15.3 Å². The molecular formula is C24H27FN4O3. The molecule has 0 radical (unpaired) electrons. The predicted molar refractivity (Wildman–Crippen MR) is 119 cm³/mol. The molecule has 1 aromatic rings. The van der Waals surface area contributed by atoms with Crippen LogP contribution in [0.1, 0.15) is 44.1 Å².